The summed E-state index contributed by atoms with van der Waals surface area (Å²) in [6.45, 7) is 1.23. The number of carbonyl (C=O) groups excluding carboxylic acids is 2. The van der Waals surface area contributed by atoms with Gasteiger partial charge in [-0.15, -0.1) is 0 Å². The largest absolute Gasteiger partial charge is 0.354 e. The van der Waals surface area contributed by atoms with Gasteiger partial charge in [0.05, 0.1) is 6.42 Å². The first-order valence-electron chi connectivity index (χ1n) is 6.05. The molecule has 0 aliphatic carbocycles. The van der Waals surface area contributed by atoms with Crippen LogP contribution in [-0.4, -0.2) is 36.3 Å². The molecular formula is C13H14ClFN2O2. The minimum atomic E-state index is -0.482. The SMILES string of the molecule is O=C1CCN(C(=O)Cc2c(F)cccc2Cl)CCN1. The topological polar surface area (TPSA) is 49.4 Å². The lowest BCUT2D eigenvalue weighted by molar-refractivity contribution is -0.130. The molecular weight excluding hydrogens is 271 g/mol. The van der Waals surface area contributed by atoms with Gasteiger partial charge in [0, 0.05) is 36.6 Å². The van der Waals surface area contributed by atoms with E-state index >= 15 is 0 Å². The van der Waals surface area contributed by atoms with Crippen molar-refractivity contribution in [2.75, 3.05) is 19.6 Å². The Labute approximate surface area is 115 Å². The van der Waals surface area contributed by atoms with Crippen LogP contribution in [0.1, 0.15) is 12.0 Å². The Kier molecular flexibility index (Phi) is 4.37. The average molecular weight is 285 g/mol. The Bertz CT molecular complexity index is 487. The van der Waals surface area contributed by atoms with Crippen molar-refractivity contribution in [2.45, 2.75) is 12.8 Å². The van der Waals surface area contributed by atoms with Crippen LogP contribution in [0.3, 0.4) is 0 Å². The van der Waals surface area contributed by atoms with Crippen molar-refractivity contribution in [3.8, 4) is 0 Å². The summed E-state index contributed by atoms with van der Waals surface area (Å²) in [6.07, 6.45) is 0.191. The minimum absolute atomic E-state index is 0.0702. The average Bonchev–Trinajstić information content (AvgIpc) is 2.59. The molecule has 0 saturated carbocycles. The van der Waals surface area contributed by atoms with E-state index in [-0.39, 0.29) is 35.2 Å². The molecule has 19 heavy (non-hydrogen) atoms. The maximum atomic E-state index is 13.6. The fraction of sp³-hybridized carbons (Fsp3) is 0.385. The fourth-order valence-corrected chi connectivity index (χ4v) is 2.21. The van der Waals surface area contributed by atoms with E-state index in [4.69, 9.17) is 11.6 Å². The molecule has 102 valence electrons. The Morgan fingerprint density at radius 1 is 1.42 bits per heavy atom. The highest BCUT2D eigenvalue weighted by Crippen LogP contribution is 2.20. The lowest BCUT2D eigenvalue weighted by atomic mass is 10.1. The molecule has 0 unspecified atom stereocenters. The third-order valence-electron chi connectivity index (χ3n) is 3.06. The van der Waals surface area contributed by atoms with Gasteiger partial charge in [0.2, 0.25) is 11.8 Å². The zero-order chi connectivity index (χ0) is 13.8. The first kappa shape index (κ1) is 13.8. The summed E-state index contributed by atoms with van der Waals surface area (Å²) in [4.78, 5) is 24.8. The molecule has 4 nitrogen and oxygen atoms in total. The highest BCUT2D eigenvalue weighted by atomic mass is 35.5. The molecule has 0 bridgehead atoms. The molecule has 0 radical (unpaired) electrons. The molecule has 1 N–H and O–H groups in total. The van der Waals surface area contributed by atoms with Gasteiger partial charge < -0.3 is 10.2 Å². The van der Waals surface area contributed by atoms with E-state index in [0.717, 1.165) is 0 Å². The van der Waals surface area contributed by atoms with Crippen molar-refractivity contribution in [1.82, 2.24) is 10.2 Å². The van der Waals surface area contributed by atoms with E-state index < -0.39 is 5.82 Å². The number of carbonyl (C=O) groups is 2. The molecule has 0 atom stereocenters. The number of amides is 2. The normalized spacial score (nSPS) is 15.9. The van der Waals surface area contributed by atoms with Gasteiger partial charge >= 0.3 is 0 Å². The van der Waals surface area contributed by atoms with E-state index in [1.165, 1.54) is 12.1 Å². The molecule has 1 aliphatic rings. The summed E-state index contributed by atoms with van der Waals surface area (Å²) >= 11 is 5.89. The van der Waals surface area contributed by atoms with Gasteiger partial charge in [-0.1, -0.05) is 17.7 Å². The van der Waals surface area contributed by atoms with E-state index in [1.807, 2.05) is 0 Å². The summed E-state index contributed by atoms with van der Waals surface area (Å²) in [6, 6.07) is 4.34. The van der Waals surface area contributed by atoms with E-state index in [1.54, 1.807) is 11.0 Å². The van der Waals surface area contributed by atoms with Gasteiger partial charge in [0.15, 0.2) is 0 Å². The number of hydrogen-bond donors (Lipinski definition) is 1. The van der Waals surface area contributed by atoms with E-state index in [2.05, 4.69) is 5.32 Å². The highest BCUT2D eigenvalue weighted by Gasteiger charge is 2.20. The van der Waals surface area contributed by atoms with Crippen molar-refractivity contribution in [2.24, 2.45) is 0 Å². The lowest BCUT2D eigenvalue weighted by Crippen LogP contribution is -2.35. The third-order valence-corrected chi connectivity index (χ3v) is 3.41. The number of hydrogen-bond acceptors (Lipinski definition) is 2. The zero-order valence-electron chi connectivity index (χ0n) is 10.3. The lowest BCUT2D eigenvalue weighted by Gasteiger charge is -2.19. The standard InChI is InChI=1S/C13H14ClFN2O2/c14-10-2-1-3-11(15)9(10)8-13(19)17-6-4-12(18)16-5-7-17/h1-3H,4-8H2,(H,16,18). The first-order valence-corrected chi connectivity index (χ1v) is 6.43. The molecule has 1 heterocycles. The quantitative estimate of drug-likeness (QED) is 0.892. The van der Waals surface area contributed by atoms with Gasteiger partial charge in [0.1, 0.15) is 5.82 Å². The van der Waals surface area contributed by atoms with Crippen LogP contribution in [0.15, 0.2) is 18.2 Å². The smallest absolute Gasteiger partial charge is 0.227 e. The highest BCUT2D eigenvalue weighted by molar-refractivity contribution is 6.31. The Morgan fingerprint density at radius 2 is 2.21 bits per heavy atom. The number of rotatable bonds is 2. The maximum absolute atomic E-state index is 13.6. The molecule has 1 saturated heterocycles. The van der Waals surface area contributed by atoms with Crippen LogP contribution in [0.5, 0.6) is 0 Å². The Balaban J connectivity index is 2.06. The number of nitrogens with one attached hydrogen (secondary N) is 1. The monoisotopic (exact) mass is 284 g/mol. The van der Waals surface area contributed by atoms with E-state index in [0.29, 0.717) is 19.6 Å². The van der Waals surface area contributed by atoms with Gasteiger partial charge in [-0.3, -0.25) is 9.59 Å². The van der Waals surface area contributed by atoms with Crippen LogP contribution in [-0.2, 0) is 16.0 Å². The molecule has 1 fully saturated rings. The predicted molar refractivity (Wildman–Crippen MR) is 69.3 cm³/mol. The molecule has 1 aromatic carbocycles. The van der Waals surface area contributed by atoms with Crippen LogP contribution < -0.4 is 5.32 Å². The zero-order valence-corrected chi connectivity index (χ0v) is 11.0. The molecule has 2 rings (SSSR count). The van der Waals surface area contributed by atoms with Crippen LogP contribution in [0, 0.1) is 5.82 Å². The van der Waals surface area contributed by atoms with Crippen LogP contribution in [0.4, 0.5) is 4.39 Å². The predicted octanol–water partition coefficient (Wildman–Crippen LogP) is 1.37. The fourth-order valence-electron chi connectivity index (χ4n) is 1.98. The number of nitrogens with zero attached hydrogens (tertiary/aromatic N) is 1. The molecule has 2 amide bonds. The van der Waals surface area contributed by atoms with Crippen LogP contribution >= 0.6 is 11.6 Å². The van der Waals surface area contributed by atoms with Crippen LogP contribution in [0.25, 0.3) is 0 Å². The summed E-state index contributed by atoms with van der Waals surface area (Å²) in [5.74, 6) is -0.771. The Morgan fingerprint density at radius 3 is 2.95 bits per heavy atom. The minimum Gasteiger partial charge on any atom is -0.354 e. The second-order valence-corrected chi connectivity index (χ2v) is 4.76. The van der Waals surface area contributed by atoms with Crippen molar-refractivity contribution >= 4 is 23.4 Å². The van der Waals surface area contributed by atoms with Gasteiger partial charge in [0.25, 0.3) is 0 Å². The Hall–Kier alpha value is -1.62. The summed E-state index contributed by atoms with van der Waals surface area (Å²) in [5.41, 5.74) is 0.206. The second-order valence-electron chi connectivity index (χ2n) is 4.36. The molecule has 0 spiro atoms. The first-order chi connectivity index (χ1) is 9.08. The van der Waals surface area contributed by atoms with Gasteiger partial charge in [-0.2, -0.15) is 0 Å². The second kappa shape index (κ2) is 6.02. The summed E-state index contributed by atoms with van der Waals surface area (Å²) < 4.78 is 13.6. The van der Waals surface area contributed by atoms with Gasteiger partial charge in [-0.05, 0) is 12.1 Å². The van der Waals surface area contributed by atoms with Crippen LogP contribution in [0.2, 0.25) is 5.02 Å². The molecule has 1 aliphatic heterocycles. The summed E-state index contributed by atoms with van der Waals surface area (Å²) in [7, 11) is 0. The number of halogens is 2. The molecule has 1 aromatic rings. The third kappa shape index (κ3) is 3.44. The van der Waals surface area contributed by atoms with Crippen molar-refractivity contribution in [3.05, 3.63) is 34.6 Å². The molecule has 0 aromatic heterocycles. The number of benzene rings is 1. The van der Waals surface area contributed by atoms with Gasteiger partial charge in [-0.25, -0.2) is 4.39 Å². The van der Waals surface area contributed by atoms with Crippen molar-refractivity contribution in [3.63, 3.8) is 0 Å². The summed E-state index contributed by atoms with van der Waals surface area (Å²) in [5, 5.41) is 2.93. The van der Waals surface area contributed by atoms with Crippen molar-refractivity contribution < 1.29 is 14.0 Å². The van der Waals surface area contributed by atoms with E-state index in [9.17, 15) is 14.0 Å². The van der Waals surface area contributed by atoms with Crippen molar-refractivity contribution in [1.29, 1.82) is 0 Å². The maximum Gasteiger partial charge on any atom is 0.227 e. The molecule has 6 heteroatoms.